The Labute approximate surface area is 122 Å². The lowest BCUT2D eigenvalue weighted by Crippen LogP contribution is -2.34. The van der Waals surface area contributed by atoms with Crippen LogP contribution in [0.2, 0.25) is 0 Å². The molecule has 0 N–H and O–H groups in total. The van der Waals surface area contributed by atoms with Crippen LogP contribution in [-0.2, 0) is 23.8 Å². The zero-order valence-electron chi connectivity index (χ0n) is 11.6. The average molecular weight is 300 g/mol. The first-order valence-electron chi connectivity index (χ1n) is 7.26. The molecule has 0 aromatic rings. The van der Waals surface area contributed by atoms with Gasteiger partial charge in [0.2, 0.25) is 0 Å². The van der Waals surface area contributed by atoms with Crippen LogP contribution in [0.1, 0.15) is 19.8 Å². The Balaban J connectivity index is 1.36. The standard InChI is InChI=1S/C14H20O5S/c1-2-17-11(15)7-20-4-3-18-12-8-5-9-10(6-8)14(16)19-13(9)12/h8-10,12-13H,2-7H2,1H3. The molecule has 2 aliphatic carbocycles. The molecule has 2 bridgehead atoms. The van der Waals surface area contributed by atoms with Crippen LogP contribution in [0, 0.1) is 17.8 Å². The van der Waals surface area contributed by atoms with Crippen molar-refractivity contribution in [1.29, 1.82) is 0 Å². The number of hydrogen-bond acceptors (Lipinski definition) is 6. The molecule has 3 aliphatic rings. The fourth-order valence-corrected chi connectivity index (χ4v) is 4.34. The topological polar surface area (TPSA) is 61.8 Å². The van der Waals surface area contributed by atoms with E-state index in [1.54, 1.807) is 6.92 Å². The van der Waals surface area contributed by atoms with Crippen molar-refractivity contribution in [3.05, 3.63) is 0 Å². The molecule has 5 unspecified atom stereocenters. The largest absolute Gasteiger partial charge is 0.465 e. The molecule has 3 fully saturated rings. The maximum Gasteiger partial charge on any atom is 0.315 e. The van der Waals surface area contributed by atoms with Gasteiger partial charge in [-0.1, -0.05) is 0 Å². The second-order valence-corrected chi connectivity index (χ2v) is 6.70. The molecule has 0 aromatic heterocycles. The lowest BCUT2D eigenvalue weighted by Gasteiger charge is -2.25. The van der Waals surface area contributed by atoms with Crippen molar-refractivity contribution >= 4 is 23.7 Å². The van der Waals surface area contributed by atoms with Crippen molar-refractivity contribution in [2.24, 2.45) is 17.8 Å². The Hall–Kier alpha value is -0.750. The first-order chi connectivity index (χ1) is 9.70. The van der Waals surface area contributed by atoms with Crippen LogP contribution in [-0.4, -0.2) is 48.9 Å². The average Bonchev–Trinajstić information content (AvgIpc) is 3.02. The highest BCUT2D eigenvalue weighted by atomic mass is 32.2. The number of carbonyl (C=O) groups excluding carboxylic acids is 2. The van der Waals surface area contributed by atoms with E-state index in [1.165, 1.54) is 11.8 Å². The highest BCUT2D eigenvalue weighted by molar-refractivity contribution is 7.99. The molecule has 0 spiro atoms. The number of esters is 2. The van der Waals surface area contributed by atoms with E-state index < -0.39 is 0 Å². The Morgan fingerprint density at radius 2 is 2.30 bits per heavy atom. The van der Waals surface area contributed by atoms with Gasteiger partial charge in [0.05, 0.1) is 31.0 Å². The predicted molar refractivity (Wildman–Crippen MR) is 73.3 cm³/mol. The summed E-state index contributed by atoms with van der Waals surface area (Å²) >= 11 is 1.52. The molecule has 5 atom stereocenters. The molecule has 1 saturated heterocycles. The van der Waals surface area contributed by atoms with Crippen molar-refractivity contribution in [3.63, 3.8) is 0 Å². The molecule has 3 rings (SSSR count). The molecule has 0 radical (unpaired) electrons. The zero-order valence-corrected chi connectivity index (χ0v) is 12.4. The van der Waals surface area contributed by atoms with Gasteiger partial charge in [0.1, 0.15) is 6.10 Å². The van der Waals surface area contributed by atoms with Crippen molar-refractivity contribution in [3.8, 4) is 0 Å². The summed E-state index contributed by atoms with van der Waals surface area (Å²) in [6.07, 6.45) is 2.06. The summed E-state index contributed by atoms with van der Waals surface area (Å²) in [6.45, 7) is 2.82. The SMILES string of the molecule is CCOC(=O)CSCCOC1C2CC3C(=O)OC1C3C2. The summed E-state index contributed by atoms with van der Waals surface area (Å²) in [5.74, 6) is 1.95. The summed E-state index contributed by atoms with van der Waals surface area (Å²) in [5, 5.41) is 0. The first kappa shape index (κ1) is 14.2. The third-order valence-electron chi connectivity index (χ3n) is 4.48. The van der Waals surface area contributed by atoms with Gasteiger partial charge in [-0.25, -0.2) is 0 Å². The summed E-state index contributed by atoms with van der Waals surface area (Å²) in [6, 6.07) is 0. The third kappa shape index (κ3) is 2.55. The van der Waals surface area contributed by atoms with E-state index in [1.807, 2.05) is 0 Å². The summed E-state index contributed by atoms with van der Waals surface area (Å²) in [4.78, 5) is 22.8. The summed E-state index contributed by atoms with van der Waals surface area (Å²) < 4.78 is 16.2. The van der Waals surface area contributed by atoms with Gasteiger partial charge in [-0.15, -0.1) is 11.8 Å². The highest BCUT2D eigenvalue weighted by Gasteiger charge is 2.62. The van der Waals surface area contributed by atoms with Gasteiger partial charge in [-0.3, -0.25) is 9.59 Å². The van der Waals surface area contributed by atoms with E-state index in [2.05, 4.69) is 0 Å². The van der Waals surface area contributed by atoms with Gasteiger partial charge < -0.3 is 14.2 Å². The van der Waals surface area contributed by atoms with Crippen molar-refractivity contribution in [2.75, 3.05) is 24.7 Å². The second-order valence-electron chi connectivity index (χ2n) is 5.60. The Kier molecular flexibility index (Phi) is 4.21. The fourth-order valence-electron chi connectivity index (χ4n) is 3.73. The number of rotatable bonds is 7. The molecule has 0 amide bonds. The predicted octanol–water partition coefficient (Wildman–Crippen LogP) is 1.25. The van der Waals surface area contributed by atoms with Crippen molar-refractivity contribution < 1.29 is 23.8 Å². The molecule has 6 heteroatoms. The Morgan fingerprint density at radius 1 is 1.45 bits per heavy atom. The molecule has 112 valence electrons. The first-order valence-corrected chi connectivity index (χ1v) is 8.41. The van der Waals surface area contributed by atoms with E-state index in [4.69, 9.17) is 14.2 Å². The third-order valence-corrected chi connectivity index (χ3v) is 5.37. The van der Waals surface area contributed by atoms with Crippen LogP contribution in [0.25, 0.3) is 0 Å². The van der Waals surface area contributed by atoms with Gasteiger partial charge >= 0.3 is 11.9 Å². The van der Waals surface area contributed by atoms with Gasteiger partial charge in [-0.05, 0) is 25.7 Å². The van der Waals surface area contributed by atoms with Crippen LogP contribution in [0.4, 0.5) is 0 Å². The van der Waals surface area contributed by atoms with Crippen LogP contribution in [0.15, 0.2) is 0 Å². The van der Waals surface area contributed by atoms with E-state index in [0.717, 1.165) is 18.6 Å². The lowest BCUT2D eigenvalue weighted by atomic mass is 9.88. The van der Waals surface area contributed by atoms with Crippen LogP contribution in [0.3, 0.4) is 0 Å². The molecular formula is C14H20O5S. The van der Waals surface area contributed by atoms with Gasteiger partial charge in [0.15, 0.2) is 0 Å². The zero-order chi connectivity index (χ0) is 14.1. The lowest BCUT2D eigenvalue weighted by molar-refractivity contribution is -0.147. The quantitative estimate of drug-likeness (QED) is 0.521. The highest BCUT2D eigenvalue weighted by Crippen LogP contribution is 2.55. The van der Waals surface area contributed by atoms with Crippen molar-refractivity contribution in [1.82, 2.24) is 0 Å². The normalized spacial score (nSPS) is 37.2. The fraction of sp³-hybridized carbons (Fsp3) is 0.857. The molecule has 0 aromatic carbocycles. The van der Waals surface area contributed by atoms with E-state index >= 15 is 0 Å². The minimum absolute atomic E-state index is 0.0127. The van der Waals surface area contributed by atoms with E-state index in [9.17, 15) is 9.59 Å². The van der Waals surface area contributed by atoms with E-state index in [-0.39, 0.29) is 30.1 Å². The number of fused-ring (bicyclic) bond motifs is 1. The Morgan fingerprint density at radius 3 is 3.10 bits per heavy atom. The smallest absolute Gasteiger partial charge is 0.315 e. The molecule has 5 nitrogen and oxygen atoms in total. The summed E-state index contributed by atoms with van der Waals surface area (Å²) in [7, 11) is 0. The van der Waals surface area contributed by atoms with Crippen LogP contribution >= 0.6 is 11.8 Å². The number of hydrogen-bond donors (Lipinski definition) is 0. The molecular weight excluding hydrogens is 280 g/mol. The molecule has 2 saturated carbocycles. The number of ether oxygens (including phenoxy) is 3. The van der Waals surface area contributed by atoms with Crippen molar-refractivity contribution in [2.45, 2.75) is 32.0 Å². The molecule has 1 aliphatic heterocycles. The maximum atomic E-state index is 11.6. The van der Waals surface area contributed by atoms with E-state index in [0.29, 0.717) is 30.8 Å². The minimum atomic E-state index is -0.176. The molecule has 20 heavy (non-hydrogen) atoms. The van der Waals surface area contributed by atoms with Gasteiger partial charge in [0.25, 0.3) is 0 Å². The maximum absolute atomic E-state index is 11.6. The van der Waals surface area contributed by atoms with Gasteiger partial charge in [0, 0.05) is 11.7 Å². The Bertz CT molecular complexity index is 399. The van der Waals surface area contributed by atoms with Crippen LogP contribution in [0.5, 0.6) is 0 Å². The second kappa shape index (κ2) is 5.93. The van der Waals surface area contributed by atoms with Gasteiger partial charge in [-0.2, -0.15) is 0 Å². The van der Waals surface area contributed by atoms with Crippen LogP contribution < -0.4 is 0 Å². The monoisotopic (exact) mass is 300 g/mol. The number of thioether (sulfide) groups is 1. The number of carbonyl (C=O) groups is 2. The molecule has 1 heterocycles. The summed E-state index contributed by atoms with van der Waals surface area (Å²) in [5.41, 5.74) is 0. The minimum Gasteiger partial charge on any atom is -0.465 e.